The third-order valence-corrected chi connectivity index (χ3v) is 10.3. The van der Waals surface area contributed by atoms with E-state index in [9.17, 15) is 13.2 Å². The largest absolute Gasteiger partial charge is 0.388 e. The van der Waals surface area contributed by atoms with E-state index >= 15 is 0 Å². The van der Waals surface area contributed by atoms with Gasteiger partial charge >= 0.3 is 0 Å². The van der Waals surface area contributed by atoms with E-state index in [2.05, 4.69) is 48.2 Å². The molecule has 1 aromatic carbocycles. The third-order valence-electron chi connectivity index (χ3n) is 7.06. The summed E-state index contributed by atoms with van der Waals surface area (Å²) in [5, 5.41) is 5.95. The molecule has 0 saturated carbocycles. The smallest absolute Gasteiger partial charge is 0.271 e. The Labute approximate surface area is 204 Å². The first-order valence-electron chi connectivity index (χ1n) is 11.7. The molecular weight excluding hydrogens is 472 g/mol. The van der Waals surface area contributed by atoms with Crippen LogP contribution >= 0.6 is 11.3 Å². The van der Waals surface area contributed by atoms with E-state index in [0.717, 1.165) is 6.54 Å². The number of carbonyl (C=O) groups excluding carboxylic acids is 1. The number of rotatable bonds is 4. The van der Waals surface area contributed by atoms with E-state index in [-0.39, 0.29) is 11.9 Å². The van der Waals surface area contributed by atoms with Crippen LogP contribution in [0.15, 0.2) is 51.1 Å². The number of piperazine rings is 1. The predicted octanol–water partition coefficient (Wildman–Crippen LogP) is 3.09. The van der Waals surface area contributed by atoms with Crippen molar-refractivity contribution in [2.75, 3.05) is 37.6 Å². The summed E-state index contributed by atoms with van der Waals surface area (Å²) in [5.74, 6) is -0.0683. The number of hydrogen-bond acceptors (Lipinski definition) is 7. The molecule has 1 amide bonds. The van der Waals surface area contributed by atoms with Crippen LogP contribution in [0.3, 0.4) is 0 Å². The Hall–Kier alpha value is -2.43. The number of hydrogen-bond donors (Lipinski definition) is 0. The van der Waals surface area contributed by atoms with Crippen LogP contribution in [0, 0.1) is 6.92 Å². The lowest BCUT2D eigenvalue weighted by molar-refractivity contribution is -0.124. The number of amides is 1. The normalized spacial score (nSPS) is 23.1. The number of piperidine rings is 1. The Morgan fingerprint density at radius 3 is 2.62 bits per heavy atom. The Bertz CT molecular complexity index is 1190. The van der Waals surface area contributed by atoms with Gasteiger partial charge in [0.1, 0.15) is 15.5 Å². The van der Waals surface area contributed by atoms with Crippen LogP contribution in [0.1, 0.15) is 31.7 Å². The first kappa shape index (κ1) is 23.3. The minimum Gasteiger partial charge on any atom is -0.388 e. The number of thiophene rings is 1. The molecule has 2 saturated heterocycles. The van der Waals surface area contributed by atoms with Crippen molar-refractivity contribution in [3.05, 3.63) is 47.3 Å². The quantitative estimate of drug-likeness (QED) is 0.642. The predicted molar refractivity (Wildman–Crippen MR) is 133 cm³/mol. The third kappa shape index (κ3) is 4.34. The highest BCUT2D eigenvalue weighted by Gasteiger charge is 2.46. The average Bonchev–Trinajstić information content (AvgIpc) is 3.50. The zero-order chi connectivity index (χ0) is 23.9. The zero-order valence-corrected chi connectivity index (χ0v) is 21.1. The summed E-state index contributed by atoms with van der Waals surface area (Å²) in [6, 6.07) is 12.0. The van der Waals surface area contributed by atoms with Crippen molar-refractivity contribution in [3.63, 3.8) is 0 Å². The molecule has 1 aromatic heterocycles. The Kier molecular flexibility index (Phi) is 6.16. The topological polar surface area (TPSA) is 82.5 Å². The van der Waals surface area contributed by atoms with Crippen LogP contribution in [-0.2, 0) is 19.7 Å². The Balaban J connectivity index is 1.18. The standard InChI is InChI=1S/C24H30N4O4S2/c1-18-5-3-6-20(15-18)28-13-12-26(17-19(28)2)23(29)21-16-24(32-25-21)8-10-27(11-9-24)34(30,31)22-7-4-14-33-22/h3-7,14-15,19H,8-13,16-17H2,1-2H3. The van der Waals surface area contributed by atoms with Crippen molar-refractivity contribution >= 4 is 38.7 Å². The van der Waals surface area contributed by atoms with E-state index in [4.69, 9.17) is 4.84 Å². The van der Waals surface area contributed by atoms with Gasteiger partial charge in [0, 0.05) is 63.7 Å². The molecule has 0 bridgehead atoms. The lowest BCUT2D eigenvalue weighted by atomic mass is 9.87. The van der Waals surface area contributed by atoms with Gasteiger partial charge in [-0.2, -0.15) is 4.31 Å². The first-order valence-corrected chi connectivity index (χ1v) is 14.0. The van der Waals surface area contributed by atoms with E-state index < -0.39 is 15.6 Å². The van der Waals surface area contributed by atoms with Crippen molar-refractivity contribution in [1.29, 1.82) is 0 Å². The summed E-state index contributed by atoms with van der Waals surface area (Å²) < 4.78 is 27.5. The molecular formula is C24H30N4O4S2. The molecule has 2 fully saturated rings. The molecule has 8 nitrogen and oxygen atoms in total. The van der Waals surface area contributed by atoms with Gasteiger partial charge in [-0.1, -0.05) is 23.4 Å². The molecule has 10 heteroatoms. The van der Waals surface area contributed by atoms with E-state index in [1.54, 1.807) is 17.5 Å². The number of nitrogens with zero attached hydrogens (tertiary/aromatic N) is 4. The summed E-state index contributed by atoms with van der Waals surface area (Å²) >= 11 is 1.23. The minimum atomic E-state index is -3.47. The number of carbonyl (C=O) groups is 1. The number of aryl methyl sites for hydroxylation is 1. The van der Waals surface area contributed by atoms with Crippen molar-refractivity contribution in [1.82, 2.24) is 9.21 Å². The van der Waals surface area contributed by atoms with Crippen LogP contribution < -0.4 is 4.90 Å². The molecule has 3 aliphatic heterocycles. The number of sulfonamides is 1. The molecule has 0 N–H and O–H groups in total. The molecule has 2 aromatic rings. The molecule has 34 heavy (non-hydrogen) atoms. The van der Waals surface area contributed by atoms with E-state index in [1.165, 1.54) is 26.9 Å². The first-order chi connectivity index (χ1) is 16.3. The summed E-state index contributed by atoms with van der Waals surface area (Å²) in [7, 11) is -3.47. The summed E-state index contributed by atoms with van der Waals surface area (Å²) in [4.78, 5) is 23.3. The molecule has 3 aliphatic rings. The molecule has 1 atom stereocenters. The lowest BCUT2D eigenvalue weighted by Gasteiger charge is -2.41. The van der Waals surface area contributed by atoms with Gasteiger partial charge in [0.2, 0.25) is 0 Å². The lowest BCUT2D eigenvalue weighted by Crippen LogP contribution is -2.55. The van der Waals surface area contributed by atoms with Crippen molar-refractivity contribution in [2.24, 2.45) is 5.16 Å². The molecule has 0 aliphatic carbocycles. The fourth-order valence-corrected chi connectivity index (χ4v) is 7.68. The van der Waals surface area contributed by atoms with Crippen LogP contribution in [0.5, 0.6) is 0 Å². The second-order valence-corrected chi connectivity index (χ2v) is 12.6. The average molecular weight is 503 g/mol. The monoisotopic (exact) mass is 502 g/mol. The van der Waals surface area contributed by atoms with E-state index in [0.29, 0.717) is 55.4 Å². The van der Waals surface area contributed by atoms with Crippen LogP contribution in [-0.4, -0.2) is 73.6 Å². The summed E-state index contributed by atoms with van der Waals surface area (Å²) in [6.07, 6.45) is 1.48. The van der Waals surface area contributed by atoms with Crippen LogP contribution in [0.25, 0.3) is 0 Å². The van der Waals surface area contributed by atoms with Crippen molar-refractivity contribution < 1.29 is 18.0 Å². The minimum absolute atomic E-state index is 0.0683. The molecule has 1 spiro atoms. The molecule has 182 valence electrons. The number of benzene rings is 1. The molecule has 1 unspecified atom stereocenters. The fourth-order valence-electron chi connectivity index (χ4n) is 5.09. The van der Waals surface area contributed by atoms with Gasteiger partial charge in [0.05, 0.1) is 0 Å². The summed E-state index contributed by atoms with van der Waals surface area (Å²) in [6.45, 7) is 6.99. The highest BCUT2D eigenvalue weighted by molar-refractivity contribution is 7.91. The van der Waals surface area contributed by atoms with Crippen LogP contribution in [0.2, 0.25) is 0 Å². The highest BCUT2D eigenvalue weighted by atomic mass is 32.2. The second-order valence-electron chi connectivity index (χ2n) is 9.46. The maximum Gasteiger partial charge on any atom is 0.271 e. The molecule has 4 heterocycles. The van der Waals surface area contributed by atoms with Gasteiger partial charge in [-0.25, -0.2) is 8.42 Å². The SMILES string of the molecule is Cc1cccc(N2CCN(C(=O)C3=NOC4(CCN(S(=O)(=O)c5cccs5)CC4)C3)CC2C)c1. The zero-order valence-electron chi connectivity index (χ0n) is 19.5. The van der Waals surface area contributed by atoms with Gasteiger partial charge in [-0.3, -0.25) is 4.79 Å². The Morgan fingerprint density at radius 2 is 1.94 bits per heavy atom. The molecule has 0 radical (unpaired) electrons. The summed E-state index contributed by atoms with van der Waals surface area (Å²) in [5.41, 5.74) is 2.27. The maximum absolute atomic E-state index is 13.2. The van der Waals surface area contributed by atoms with Crippen molar-refractivity contribution in [3.8, 4) is 0 Å². The number of oxime groups is 1. The van der Waals surface area contributed by atoms with Gasteiger partial charge < -0.3 is 14.6 Å². The van der Waals surface area contributed by atoms with Crippen molar-refractivity contribution in [2.45, 2.75) is 49.0 Å². The highest BCUT2D eigenvalue weighted by Crippen LogP contribution is 2.37. The van der Waals surface area contributed by atoms with Crippen LogP contribution in [0.4, 0.5) is 5.69 Å². The molecule has 5 rings (SSSR count). The van der Waals surface area contributed by atoms with Gasteiger partial charge in [-0.15, -0.1) is 11.3 Å². The Morgan fingerprint density at radius 1 is 1.15 bits per heavy atom. The van der Waals surface area contributed by atoms with Gasteiger partial charge in [0.25, 0.3) is 15.9 Å². The van der Waals surface area contributed by atoms with Gasteiger partial charge in [-0.05, 0) is 43.0 Å². The van der Waals surface area contributed by atoms with E-state index in [1.807, 2.05) is 4.90 Å². The maximum atomic E-state index is 13.2. The van der Waals surface area contributed by atoms with Gasteiger partial charge in [0.15, 0.2) is 0 Å². The number of anilines is 1. The second kappa shape index (κ2) is 8.98. The fraction of sp³-hybridized carbons (Fsp3) is 0.500.